The van der Waals surface area contributed by atoms with Gasteiger partial charge in [-0.25, -0.2) is 4.39 Å². The molecule has 104 valence electrons. The number of rotatable bonds is 4. The lowest BCUT2D eigenvalue weighted by atomic mass is 10.0. The van der Waals surface area contributed by atoms with Gasteiger partial charge in [-0.15, -0.1) is 0 Å². The van der Waals surface area contributed by atoms with Crippen LogP contribution in [0.3, 0.4) is 0 Å². The average Bonchev–Trinajstić information content (AvgIpc) is 2.37. The molecular weight excluding hydrogens is 235 g/mol. The summed E-state index contributed by atoms with van der Waals surface area (Å²) in [6.07, 6.45) is 5.00. The molecule has 1 rings (SSSR count). The first-order valence-electron chi connectivity index (χ1n) is 6.63. The maximum atomic E-state index is 12.4. The molecule has 0 saturated heterocycles. The molecule has 0 aliphatic heterocycles. The summed E-state index contributed by atoms with van der Waals surface area (Å²) in [6, 6.07) is 6.63. The summed E-state index contributed by atoms with van der Waals surface area (Å²) in [5, 5.41) is 0. The average molecular weight is 260 g/mol. The molecule has 0 amide bonds. The van der Waals surface area contributed by atoms with Gasteiger partial charge in [0.15, 0.2) is 0 Å². The molecule has 0 aliphatic carbocycles. The first-order chi connectivity index (χ1) is 8.86. The highest BCUT2D eigenvalue weighted by molar-refractivity contribution is 5.22. The molecule has 0 bridgehead atoms. The van der Waals surface area contributed by atoms with Crippen LogP contribution in [0.1, 0.15) is 45.6 Å². The zero-order valence-electron chi connectivity index (χ0n) is 12.5. The van der Waals surface area contributed by atoms with E-state index in [-0.39, 0.29) is 5.82 Å². The van der Waals surface area contributed by atoms with Crippen LogP contribution in [0.2, 0.25) is 0 Å². The maximum Gasteiger partial charge on any atom is 0.123 e. The van der Waals surface area contributed by atoms with Gasteiger partial charge in [-0.2, -0.15) is 0 Å². The Labute approximate surface area is 117 Å². The second kappa shape index (κ2) is 9.32. The first-order valence-corrected chi connectivity index (χ1v) is 6.63. The lowest BCUT2D eigenvalue weighted by Gasteiger charge is -2.02. The fourth-order valence-corrected chi connectivity index (χ4v) is 1.23. The first kappa shape index (κ1) is 17.4. The van der Waals surface area contributed by atoms with Crippen molar-refractivity contribution in [1.29, 1.82) is 0 Å². The Morgan fingerprint density at radius 2 is 1.68 bits per heavy atom. The topological polar surface area (TPSA) is 0 Å². The van der Waals surface area contributed by atoms with E-state index < -0.39 is 0 Å². The summed E-state index contributed by atoms with van der Waals surface area (Å²) in [6.45, 7) is 15.8. The number of benzene rings is 1. The van der Waals surface area contributed by atoms with Crippen molar-refractivity contribution in [3.8, 4) is 0 Å². The largest absolute Gasteiger partial charge is 0.207 e. The molecule has 0 atom stereocenters. The Morgan fingerprint density at radius 1 is 1.16 bits per heavy atom. The molecule has 1 heteroatoms. The molecule has 0 N–H and O–H groups in total. The zero-order valence-corrected chi connectivity index (χ0v) is 12.5. The Kier molecular flexibility index (Phi) is 8.52. The van der Waals surface area contributed by atoms with E-state index in [9.17, 15) is 4.39 Å². The normalized spacial score (nSPS) is 10.2. The second-order valence-corrected chi connectivity index (χ2v) is 4.90. The highest BCUT2D eigenvalue weighted by Crippen LogP contribution is 2.13. The van der Waals surface area contributed by atoms with Gasteiger partial charge in [0.1, 0.15) is 5.82 Å². The minimum atomic E-state index is -0.163. The lowest BCUT2D eigenvalue weighted by molar-refractivity contribution is 0.626. The van der Waals surface area contributed by atoms with Crippen molar-refractivity contribution in [3.05, 3.63) is 72.1 Å². The lowest BCUT2D eigenvalue weighted by Crippen LogP contribution is -1.85. The van der Waals surface area contributed by atoms with E-state index in [1.807, 2.05) is 31.2 Å². The van der Waals surface area contributed by atoms with Gasteiger partial charge in [-0.3, -0.25) is 0 Å². The molecule has 0 fully saturated rings. The van der Waals surface area contributed by atoms with Crippen LogP contribution in [0.15, 0.2) is 60.7 Å². The quantitative estimate of drug-likeness (QED) is 0.579. The van der Waals surface area contributed by atoms with Crippen LogP contribution < -0.4 is 0 Å². The van der Waals surface area contributed by atoms with Crippen LogP contribution in [-0.2, 0) is 0 Å². The van der Waals surface area contributed by atoms with Crippen LogP contribution in [0.4, 0.5) is 4.39 Å². The zero-order chi connectivity index (χ0) is 14.8. The van der Waals surface area contributed by atoms with Crippen molar-refractivity contribution in [2.75, 3.05) is 0 Å². The minimum Gasteiger partial charge on any atom is -0.207 e. The van der Waals surface area contributed by atoms with E-state index in [0.717, 1.165) is 17.6 Å². The smallest absolute Gasteiger partial charge is 0.123 e. The minimum absolute atomic E-state index is 0.163. The van der Waals surface area contributed by atoms with Crippen LogP contribution in [0.25, 0.3) is 0 Å². The van der Waals surface area contributed by atoms with Crippen molar-refractivity contribution in [1.82, 2.24) is 0 Å². The molecule has 0 aliphatic rings. The van der Waals surface area contributed by atoms with Gasteiger partial charge in [0, 0.05) is 0 Å². The molecule has 1 aromatic rings. The van der Waals surface area contributed by atoms with Crippen LogP contribution in [-0.4, -0.2) is 0 Å². The number of allylic oxidation sites excluding steroid dienone is 4. The van der Waals surface area contributed by atoms with Gasteiger partial charge in [-0.1, -0.05) is 69.4 Å². The van der Waals surface area contributed by atoms with Crippen molar-refractivity contribution in [2.45, 2.75) is 40.0 Å². The summed E-state index contributed by atoms with van der Waals surface area (Å²) in [4.78, 5) is 0. The van der Waals surface area contributed by atoms with Crippen molar-refractivity contribution < 1.29 is 4.39 Å². The Bertz CT molecular complexity index is 422. The highest BCUT2D eigenvalue weighted by atomic mass is 19.1. The summed E-state index contributed by atoms with van der Waals surface area (Å²) >= 11 is 0. The van der Waals surface area contributed by atoms with E-state index in [4.69, 9.17) is 0 Å². The van der Waals surface area contributed by atoms with E-state index >= 15 is 0 Å². The molecular formula is C18H25F. The van der Waals surface area contributed by atoms with Gasteiger partial charge in [0.25, 0.3) is 0 Å². The SMILES string of the molecule is C=C(C)/C=C\C(=C)CC.CC(C)c1ccc(F)cc1. The van der Waals surface area contributed by atoms with Gasteiger partial charge in [-0.05, 0) is 37.0 Å². The third-order valence-electron chi connectivity index (χ3n) is 2.59. The molecule has 0 unspecified atom stereocenters. The molecule has 1 aromatic carbocycles. The molecule has 0 radical (unpaired) electrons. The maximum absolute atomic E-state index is 12.4. The van der Waals surface area contributed by atoms with Gasteiger partial charge < -0.3 is 0 Å². The van der Waals surface area contributed by atoms with Gasteiger partial charge >= 0.3 is 0 Å². The predicted molar refractivity (Wildman–Crippen MR) is 83.9 cm³/mol. The standard InChI is InChI=1S/C9H11F.C9H14/c1-7(2)8-3-5-9(10)6-4-8;1-5-9(4)7-6-8(2)3/h3-7H,1-2H3;6-7H,2,4-5H2,1,3H3/b;7-6-. The Morgan fingerprint density at radius 3 is 2.05 bits per heavy atom. The second-order valence-electron chi connectivity index (χ2n) is 4.90. The molecule has 0 heterocycles. The fraction of sp³-hybridized carbons (Fsp3) is 0.333. The van der Waals surface area contributed by atoms with Gasteiger partial charge in [0.2, 0.25) is 0 Å². The molecule has 0 nitrogen and oxygen atoms in total. The van der Waals surface area contributed by atoms with E-state index in [2.05, 4.69) is 33.9 Å². The Hall–Kier alpha value is -1.63. The van der Waals surface area contributed by atoms with Crippen molar-refractivity contribution in [3.63, 3.8) is 0 Å². The van der Waals surface area contributed by atoms with Gasteiger partial charge in [0.05, 0.1) is 0 Å². The van der Waals surface area contributed by atoms with E-state index in [0.29, 0.717) is 5.92 Å². The molecule has 0 spiro atoms. The van der Waals surface area contributed by atoms with Crippen LogP contribution in [0, 0.1) is 5.82 Å². The molecule has 19 heavy (non-hydrogen) atoms. The number of hydrogen-bond donors (Lipinski definition) is 0. The Balaban J connectivity index is 0.000000344. The molecule has 0 saturated carbocycles. The van der Waals surface area contributed by atoms with Crippen LogP contribution >= 0.6 is 0 Å². The predicted octanol–water partition coefficient (Wildman–Crippen LogP) is 6.03. The summed E-state index contributed by atoms with van der Waals surface area (Å²) in [5.74, 6) is 0.324. The monoisotopic (exact) mass is 260 g/mol. The summed E-state index contributed by atoms with van der Waals surface area (Å²) < 4.78 is 12.4. The fourth-order valence-electron chi connectivity index (χ4n) is 1.23. The summed E-state index contributed by atoms with van der Waals surface area (Å²) in [7, 11) is 0. The van der Waals surface area contributed by atoms with E-state index in [1.165, 1.54) is 17.7 Å². The van der Waals surface area contributed by atoms with Crippen molar-refractivity contribution in [2.24, 2.45) is 0 Å². The number of hydrogen-bond acceptors (Lipinski definition) is 0. The van der Waals surface area contributed by atoms with Crippen molar-refractivity contribution >= 4 is 0 Å². The summed E-state index contributed by atoms with van der Waals surface area (Å²) in [5.41, 5.74) is 3.41. The number of halogens is 1. The van der Waals surface area contributed by atoms with Crippen LogP contribution in [0.5, 0.6) is 0 Å². The molecule has 0 aromatic heterocycles. The third kappa shape index (κ3) is 9.01. The third-order valence-corrected chi connectivity index (χ3v) is 2.59. The highest BCUT2D eigenvalue weighted by Gasteiger charge is 1.96. The van der Waals surface area contributed by atoms with E-state index in [1.54, 1.807) is 0 Å².